The number of hydrogen-bond donors (Lipinski definition) is 2. The lowest BCUT2D eigenvalue weighted by Gasteiger charge is -2.12. The fourth-order valence-corrected chi connectivity index (χ4v) is 1.75. The highest BCUT2D eigenvalue weighted by Crippen LogP contribution is 2.16. The molecule has 2 rings (SSSR count). The summed E-state index contributed by atoms with van der Waals surface area (Å²) in [5.74, 6) is -0.0826. The first-order chi connectivity index (χ1) is 7.35. The summed E-state index contributed by atoms with van der Waals surface area (Å²) in [4.78, 5) is 0. The Balaban J connectivity index is 2.28. The Labute approximate surface area is 88.6 Å². The number of nitrogens with zero attached hydrogens (tertiary/aromatic N) is 1. The molecule has 0 aliphatic heterocycles. The van der Waals surface area contributed by atoms with E-state index in [2.05, 4.69) is 10.6 Å². The van der Waals surface area contributed by atoms with Gasteiger partial charge in [0.2, 0.25) is 0 Å². The molecular weight excluding hydrogens is 190 g/mol. The Hall–Kier alpha value is -1.32. The van der Waals surface area contributed by atoms with Crippen molar-refractivity contribution in [3.63, 3.8) is 0 Å². The van der Waals surface area contributed by atoms with Crippen molar-refractivity contribution in [2.45, 2.75) is 6.54 Å². The van der Waals surface area contributed by atoms with Crippen molar-refractivity contribution in [3.05, 3.63) is 36.5 Å². The maximum atomic E-state index is 9.02. The third-order valence-corrected chi connectivity index (χ3v) is 2.65. The molecule has 3 nitrogen and oxygen atoms in total. The van der Waals surface area contributed by atoms with Crippen LogP contribution in [0.15, 0.2) is 36.5 Å². The average molecular weight is 205 g/mol. The van der Waals surface area contributed by atoms with Crippen LogP contribution in [0, 0.1) is 5.92 Å². The van der Waals surface area contributed by atoms with E-state index >= 15 is 0 Å². The van der Waals surface area contributed by atoms with Gasteiger partial charge in [-0.3, -0.25) is 0 Å². The molecule has 0 spiro atoms. The van der Waals surface area contributed by atoms with E-state index < -0.39 is 0 Å². The monoisotopic (exact) mass is 205 g/mol. The van der Waals surface area contributed by atoms with Crippen molar-refractivity contribution in [3.8, 4) is 0 Å². The smallest absolute Gasteiger partial charge is 0.0498 e. The zero-order chi connectivity index (χ0) is 10.7. The van der Waals surface area contributed by atoms with Gasteiger partial charge in [0.05, 0.1) is 0 Å². The Kier molecular flexibility index (Phi) is 3.04. The second kappa shape index (κ2) is 4.47. The van der Waals surface area contributed by atoms with Crippen LogP contribution in [0.2, 0.25) is 0 Å². The summed E-state index contributed by atoms with van der Waals surface area (Å²) in [5, 5.41) is 19.2. The van der Waals surface area contributed by atoms with Crippen molar-refractivity contribution in [2.24, 2.45) is 5.92 Å². The van der Waals surface area contributed by atoms with Crippen molar-refractivity contribution < 1.29 is 10.2 Å². The minimum atomic E-state index is -0.0826. The van der Waals surface area contributed by atoms with Gasteiger partial charge in [0.25, 0.3) is 0 Å². The fourth-order valence-electron chi connectivity index (χ4n) is 1.75. The lowest BCUT2D eigenvalue weighted by atomic mass is 10.2. The van der Waals surface area contributed by atoms with Gasteiger partial charge in [0.1, 0.15) is 0 Å². The number of aromatic nitrogens is 1. The summed E-state index contributed by atoms with van der Waals surface area (Å²) in [5.41, 5.74) is 1.14. The molecule has 15 heavy (non-hydrogen) atoms. The Morgan fingerprint density at radius 2 is 1.80 bits per heavy atom. The van der Waals surface area contributed by atoms with Gasteiger partial charge in [-0.2, -0.15) is 0 Å². The van der Waals surface area contributed by atoms with E-state index in [-0.39, 0.29) is 19.1 Å². The maximum absolute atomic E-state index is 9.02. The number of para-hydroxylation sites is 1. The zero-order valence-corrected chi connectivity index (χ0v) is 8.50. The lowest BCUT2D eigenvalue weighted by Crippen LogP contribution is -2.17. The highest BCUT2D eigenvalue weighted by atomic mass is 16.3. The van der Waals surface area contributed by atoms with Crippen LogP contribution in [-0.4, -0.2) is 28.0 Å². The molecule has 0 bridgehead atoms. The molecule has 0 amide bonds. The summed E-state index contributed by atoms with van der Waals surface area (Å²) in [6.07, 6.45) is 1.99. The molecule has 0 fully saturated rings. The summed E-state index contributed by atoms with van der Waals surface area (Å²) < 4.78 is 2.06. The van der Waals surface area contributed by atoms with Gasteiger partial charge in [-0.25, -0.2) is 0 Å². The molecule has 0 saturated heterocycles. The number of aliphatic hydroxyl groups is 2. The summed E-state index contributed by atoms with van der Waals surface area (Å²) >= 11 is 0. The molecule has 0 aliphatic carbocycles. The van der Waals surface area contributed by atoms with Crippen LogP contribution < -0.4 is 0 Å². The predicted octanol–water partition coefficient (Wildman–Crippen LogP) is 1.24. The first kappa shape index (κ1) is 10.2. The average Bonchev–Trinajstić information content (AvgIpc) is 2.69. The Morgan fingerprint density at radius 3 is 2.53 bits per heavy atom. The van der Waals surface area contributed by atoms with Gasteiger partial charge in [-0.1, -0.05) is 18.2 Å². The lowest BCUT2D eigenvalue weighted by molar-refractivity contribution is 0.138. The van der Waals surface area contributed by atoms with E-state index in [0.29, 0.717) is 6.54 Å². The van der Waals surface area contributed by atoms with E-state index in [1.807, 2.05) is 30.5 Å². The van der Waals surface area contributed by atoms with E-state index in [4.69, 9.17) is 10.2 Å². The van der Waals surface area contributed by atoms with Crippen LogP contribution >= 0.6 is 0 Å². The molecule has 1 aromatic carbocycles. The molecule has 0 unspecified atom stereocenters. The zero-order valence-electron chi connectivity index (χ0n) is 8.50. The minimum Gasteiger partial charge on any atom is -0.396 e. The number of rotatable bonds is 4. The summed E-state index contributed by atoms with van der Waals surface area (Å²) in [7, 11) is 0. The molecule has 0 saturated carbocycles. The quantitative estimate of drug-likeness (QED) is 0.789. The van der Waals surface area contributed by atoms with Crippen LogP contribution in [0.3, 0.4) is 0 Å². The predicted molar refractivity (Wildman–Crippen MR) is 59.6 cm³/mol. The molecule has 2 aromatic rings. The number of hydrogen-bond acceptors (Lipinski definition) is 2. The molecule has 80 valence electrons. The summed E-state index contributed by atoms with van der Waals surface area (Å²) in [6.45, 7) is 0.687. The first-order valence-electron chi connectivity index (χ1n) is 5.10. The number of fused-ring (bicyclic) bond motifs is 1. The SMILES string of the molecule is OCC(CO)Cn1ccc2ccccc21. The second-order valence-corrected chi connectivity index (χ2v) is 3.76. The minimum absolute atomic E-state index is 0.0169. The molecule has 1 aromatic heterocycles. The van der Waals surface area contributed by atoms with E-state index in [0.717, 1.165) is 5.52 Å². The van der Waals surface area contributed by atoms with Gasteiger partial charge in [0.15, 0.2) is 0 Å². The number of aliphatic hydroxyl groups excluding tert-OH is 2. The molecule has 0 aliphatic rings. The first-order valence-corrected chi connectivity index (χ1v) is 5.10. The van der Waals surface area contributed by atoms with E-state index in [9.17, 15) is 0 Å². The van der Waals surface area contributed by atoms with Crippen molar-refractivity contribution >= 4 is 10.9 Å². The van der Waals surface area contributed by atoms with Crippen molar-refractivity contribution in [1.29, 1.82) is 0 Å². The van der Waals surface area contributed by atoms with Crippen molar-refractivity contribution in [2.75, 3.05) is 13.2 Å². The van der Waals surface area contributed by atoms with Gasteiger partial charge >= 0.3 is 0 Å². The van der Waals surface area contributed by atoms with Crippen LogP contribution in [-0.2, 0) is 6.54 Å². The van der Waals surface area contributed by atoms with Crippen LogP contribution in [0.25, 0.3) is 10.9 Å². The third-order valence-electron chi connectivity index (χ3n) is 2.65. The molecule has 0 radical (unpaired) electrons. The normalized spacial score (nSPS) is 11.4. The maximum Gasteiger partial charge on any atom is 0.0498 e. The molecule has 0 atom stereocenters. The van der Waals surface area contributed by atoms with Crippen LogP contribution in [0.1, 0.15) is 0 Å². The highest BCUT2D eigenvalue weighted by Gasteiger charge is 2.08. The highest BCUT2D eigenvalue weighted by molar-refractivity contribution is 5.79. The van der Waals surface area contributed by atoms with Gasteiger partial charge in [-0.15, -0.1) is 0 Å². The second-order valence-electron chi connectivity index (χ2n) is 3.76. The molecule has 2 N–H and O–H groups in total. The van der Waals surface area contributed by atoms with E-state index in [1.165, 1.54) is 5.39 Å². The largest absolute Gasteiger partial charge is 0.396 e. The standard InChI is InChI=1S/C12H15NO2/c14-8-10(9-15)7-13-6-5-11-3-1-2-4-12(11)13/h1-6,10,14-15H,7-9H2. The summed E-state index contributed by atoms with van der Waals surface area (Å²) in [6, 6.07) is 10.1. The topological polar surface area (TPSA) is 45.4 Å². The Bertz CT molecular complexity index is 432. The molecule has 3 heteroatoms. The Morgan fingerprint density at radius 1 is 1.07 bits per heavy atom. The van der Waals surface area contributed by atoms with Gasteiger partial charge < -0.3 is 14.8 Å². The fraction of sp³-hybridized carbons (Fsp3) is 0.333. The third kappa shape index (κ3) is 2.03. The molecular formula is C12H15NO2. The van der Waals surface area contributed by atoms with Crippen LogP contribution in [0.5, 0.6) is 0 Å². The molecule has 1 heterocycles. The van der Waals surface area contributed by atoms with E-state index in [1.54, 1.807) is 0 Å². The van der Waals surface area contributed by atoms with Crippen LogP contribution in [0.4, 0.5) is 0 Å². The number of benzene rings is 1. The van der Waals surface area contributed by atoms with Gasteiger partial charge in [0, 0.05) is 37.4 Å². The van der Waals surface area contributed by atoms with Crippen molar-refractivity contribution in [1.82, 2.24) is 4.57 Å². The van der Waals surface area contributed by atoms with Gasteiger partial charge in [-0.05, 0) is 17.5 Å².